The van der Waals surface area contributed by atoms with Crippen molar-refractivity contribution < 1.29 is 9.90 Å². The molecule has 4 nitrogen and oxygen atoms in total. The third-order valence-electron chi connectivity index (χ3n) is 2.69. The number of phenolic OH excluding ortho intramolecular Hbond substituents is 1. The van der Waals surface area contributed by atoms with Crippen LogP contribution in [0.25, 0.3) is 0 Å². The Kier molecular flexibility index (Phi) is 5.09. The van der Waals surface area contributed by atoms with Crippen LogP contribution in [0.3, 0.4) is 0 Å². The fourth-order valence-corrected chi connectivity index (χ4v) is 1.79. The first-order valence-corrected chi connectivity index (χ1v) is 6.26. The molecule has 0 aliphatic heterocycles. The molecule has 0 heterocycles. The Morgan fingerprint density at radius 1 is 1.56 bits per heavy atom. The Morgan fingerprint density at radius 2 is 2.22 bits per heavy atom. The highest BCUT2D eigenvalue weighted by Gasteiger charge is 2.15. The fourth-order valence-electron chi connectivity index (χ4n) is 1.61. The molecule has 0 aliphatic carbocycles. The predicted octanol–water partition coefficient (Wildman–Crippen LogP) is 1.89. The average molecular weight is 266 g/mol. The van der Waals surface area contributed by atoms with Gasteiger partial charge in [-0.15, -0.1) is 0 Å². The number of carbonyl (C=O) groups is 1. The molecule has 18 heavy (non-hydrogen) atoms. The van der Waals surface area contributed by atoms with Gasteiger partial charge in [-0.1, -0.05) is 25.6 Å². The zero-order valence-corrected chi connectivity index (χ0v) is 11.4. The van der Waals surface area contributed by atoms with Crippen LogP contribution >= 0.6 is 12.2 Å². The molecule has 0 spiro atoms. The van der Waals surface area contributed by atoms with Crippen LogP contribution in [-0.2, 0) is 0 Å². The van der Waals surface area contributed by atoms with Gasteiger partial charge < -0.3 is 16.2 Å². The summed E-state index contributed by atoms with van der Waals surface area (Å²) < 4.78 is 0. The molecule has 0 saturated carbocycles. The highest BCUT2D eigenvalue weighted by molar-refractivity contribution is 7.80. The molecule has 0 aliphatic rings. The summed E-state index contributed by atoms with van der Waals surface area (Å²) in [5, 5.41) is 12.2. The fraction of sp³-hybridized carbons (Fsp3) is 0.385. The predicted molar refractivity (Wildman–Crippen MR) is 75.8 cm³/mol. The number of carbonyl (C=O) groups excluding carboxylic acids is 1. The van der Waals surface area contributed by atoms with E-state index in [9.17, 15) is 9.90 Å². The summed E-state index contributed by atoms with van der Waals surface area (Å²) in [5.74, 6) is -0.0599. The van der Waals surface area contributed by atoms with Crippen molar-refractivity contribution in [3.05, 3.63) is 29.3 Å². The average Bonchev–Trinajstić information content (AvgIpc) is 2.31. The lowest BCUT2D eigenvalue weighted by atomic mass is 10.1. The lowest BCUT2D eigenvalue weighted by Gasteiger charge is -2.16. The van der Waals surface area contributed by atoms with E-state index in [0.717, 1.165) is 12.8 Å². The monoisotopic (exact) mass is 266 g/mol. The van der Waals surface area contributed by atoms with Gasteiger partial charge in [-0.25, -0.2) is 0 Å². The highest BCUT2D eigenvalue weighted by atomic mass is 32.1. The van der Waals surface area contributed by atoms with Crippen LogP contribution in [0, 0.1) is 6.92 Å². The van der Waals surface area contributed by atoms with Crippen LogP contribution in [-0.4, -0.2) is 22.0 Å². The molecule has 1 amide bonds. The van der Waals surface area contributed by atoms with E-state index in [2.05, 4.69) is 5.32 Å². The number of aryl methyl sites for hydroxylation is 1. The van der Waals surface area contributed by atoms with Crippen LogP contribution in [0.4, 0.5) is 0 Å². The first kappa shape index (κ1) is 14.4. The number of amides is 1. The van der Waals surface area contributed by atoms with E-state index in [0.29, 0.717) is 16.1 Å². The van der Waals surface area contributed by atoms with Crippen LogP contribution in [0.1, 0.15) is 35.7 Å². The smallest absolute Gasteiger partial charge is 0.251 e. The summed E-state index contributed by atoms with van der Waals surface area (Å²) in [6.45, 7) is 3.74. The normalized spacial score (nSPS) is 11.9. The number of benzene rings is 1. The van der Waals surface area contributed by atoms with Crippen LogP contribution in [0.5, 0.6) is 5.75 Å². The van der Waals surface area contributed by atoms with Gasteiger partial charge in [-0.3, -0.25) is 4.79 Å². The van der Waals surface area contributed by atoms with Gasteiger partial charge in [0.05, 0.1) is 11.0 Å². The van der Waals surface area contributed by atoms with Crippen LogP contribution < -0.4 is 11.1 Å². The molecule has 98 valence electrons. The number of nitrogens with one attached hydrogen (secondary N) is 1. The third-order valence-corrected chi connectivity index (χ3v) is 2.97. The summed E-state index contributed by atoms with van der Waals surface area (Å²) in [6, 6.07) is 4.42. The quantitative estimate of drug-likeness (QED) is 0.711. The maximum Gasteiger partial charge on any atom is 0.251 e. The number of nitrogens with two attached hydrogens (primary N) is 1. The number of aromatic hydroxyl groups is 1. The summed E-state index contributed by atoms with van der Waals surface area (Å²) in [7, 11) is 0. The van der Waals surface area contributed by atoms with Crippen molar-refractivity contribution >= 4 is 23.1 Å². The number of rotatable bonds is 5. The lowest BCUT2D eigenvalue weighted by molar-refractivity contribution is 0.0945. The SMILES string of the molecule is CCCC(NC(=O)c1ccc(O)c(C)c1)C(N)=S. The van der Waals surface area contributed by atoms with E-state index in [1.165, 1.54) is 6.07 Å². The van der Waals surface area contributed by atoms with E-state index in [1.807, 2.05) is 6.92 Å². The van der Waals surface area contributed by atoms with Crippen molar-refractivity contribution in [3.63, 3.8) is 0 Å². The minimum Gasteiger partial charge on any atom is -0.508 e. The van der Waals surface area contributed by atoms with Crippen molar-refractivity contribution in [2.75, 3.05) is 0 Å². The molecule has 1 aromatic rings. The number of hydrogen-bond acceptors (Lipinski definition) is 3. The molecule has 0 aromatic heterocycles. The van der Waals surface area contributed by atoms with Gasteiger partial charge in [-0.05, 0) is 37.1 Å². The molecule has 1 unspecified atom stereocenters. The second-order valence-corrected chi connectivity index (χ2v) is 4.69. The number of phenols is 1. The molecule has 4 N–H and O–H groups in total. The zero-order valence-electron chi connectivity index (χ0n) is 10.6. The zero-order chi connectivity index (χ0) is 13.7. The van der Waals surface area contributed by atoms with E-state index >= 15 is 0 Å². The first-order valence-electron chi connectivity index (χ1n) is 5.85. The molecule has 0 saturated heterocycles. The standard InChI is InChI=1S/C13H18N2O2S/c1-3-4-10(12(14)18)15-13(17)9-5-6-11(16)8(2)7-9/h5-7,10,16H,3-4H2,1-2H3,(H2,14,18)(H,15,17). The molecule has 0 bridgehead atoms. The van der Waals surface area contributed by atoms with Crippen molar-refractivity contribution in [1.82, 2.24) is 5.32 Å². The molecule has 1 atom stereocenters. The van der Waals surface area contributed by atoms with Gasteiger partial charge in [0.15, 0.2) is 0 Å². The minimum atomic E-state index is -0.286. The van der Waals surface area contributed by atoms with Gasteiger partial charge in [0, 0.05) is 5.56 Å². The van der Waals surface area contributed by atoms with Crippen molar-refractivity contribution in [2.24, 2.45) is 5.73 Å². The Bertz CT molecular complexity index is 460. The number of hydrogen-bond donors (Lipinski definition) is 3. The van der Waals surface area contributed by atoms with E-state index in [1.54, 1.807) is 19.1 Å². The van der Waals surface area contributed by atoms with Crippen molar-refractivity contribution in [3.8, 4) is 5.75 Å². The van der Waals surface area contributed by atoms with E-state index < -0.39 is 0 Å². The Morgan fingerprint density at radius 3 is 2.72 bits per heavy atom. The molecule has 0 radical (unpaired) electrons. The van der Waals surface area contributed by atoms with Gasteiger partial charge in [0.2, 0.25) is 0 Å². The maximum atomic E-state index is 12.0. The number of thiocarbonyl (C=S) groups is 1. The van der Waals surface area contributed by atoms with Gasteiger partial charge in [0.1, 0.15) is 5.75 Å². The maximum absolute atomic E-state index is 12.0. The Labute approximate surface area is 112 Å². The Balaban J connectivity index is 2.80. The lowest BCUT2D eigenvalue weighted by Crippen LogP contribution is -2.43. The third kappa shape index (κ3) is 3.70. The Hall–Kier alpha value is -1.62. The second kappa shape index (κ2) is 6.35. The topological polar surface area (TPSA) is 75.3 Å². The largest absolute Gasteiger partial charge is 0.508 e. The summed E-state index contributed by atoms with van der Waals surface area (Å²) in [6.07, 6.45) is 1.61. The molecule has 1 rings (SSSR count). The van der Waals surface area contributed by atoms with E-state index in [-0.39, 0.29) is 17.7 Å². The van der Waals surface area contributed by atoms with E-state index in [4.69, 9.17) is 18.0 Å². The highest BCUT2D eigenvalue weighted by Crippen LogP contribution is 2.17. The van der Waals surface area contributed by atoms with Crippen LogP contribution in [0.15, 0.2) is 18.2 Å². The molecule has 1 aromatic carbocycles. The second-order valence-electron chi connectivity index (χ2n) is 4.22. The van der Waals surface area contributed by atoms with Gasteiger partial charge in [0.25, 0.3) is 5.91 Å². The summed E-state index contributed by atoms with van der Waals surface area (Å²) in [5.41, 5.74) is 6.73. The van der Waals surface area contributed by atoms with Crippen molar-refractivity contribution in [2.45, 2.75) is 32.7 Å². The summed E-state index contributed by atoms with van der Waals surface area (Å²) in [4.78, 5) is 12.3. The molecular weight excluding hydrogens is 248 g/mol. The van der Waals surface area contributed by atoms with Crippen molar-refractivity contribution in [1.29, 1.82) is 0 Å². The minimum absolute atomic E-state index is 0.172. The molecular formula is C13H18N2O2S. The van der Waals surface area contributed by atoms with Gasteiger partial charge in [-0.2, -0.15) is 0 Å². The van der Waals surface area contributed by atoms with Gasteiger partial charge >= 0.3 is 0 Å². The summed E-state index contributed by atoms with van der Waals surface area (Å²) >= 11 is 4.92. The first-order chi connectivity index (χ1) is 8.45. The molecule has 0 fully saturated rings. The van der Waals surface area contributed by atoms with Crippen LogP contribution in [0.2, 0.25) is 0 Å². The molecule has 5 heteroatoms.